The van der Waals surface area contributed by atoms with Gasteiger partial charge in [0, 0.05) is 25.7 Å². The van der Waals surface area contributed by atoms with E-state index in [9.17, 15) is 43.2 Å². The van der Waals surface area contributed by atoms with Gasteiger partial charge in [-0.25, -0.2) is 9.13 Å². The van der Waals surface area contributed by atoms with Crippen molar-refractivity contribution < 1.29 is 80.2 Å². The van der Waals surface area contributed by atoms with E-state index in [4.69, 9.17) is 37.0 Å². The normalized spacial score (nSPS) is 14.4. The molecule has 0 spiro atoms. The molecule has 0 aromatic heterocycles. The molecule has 0 radical (unpaired) electrons. The summed E-state index contributed by atoms with van der Waals surface area (Å²) in [5, 5.41) is 10.6. The zero-order chi connectivity index (χ0) is 73.2. The number of phosphoric ester groups is 2. The van der Waals surface area contributed by atoms with Crippen LogP contribution in [0.3, 0.4) is 0 Å². The Labute approximate surface area is 607 Å². The van der Waals surface area contributed by atoms with Crippen molar-refractivity contribution in [2.75, 3.05) is 39.6 Å². The zero-order valence-corrected chi connectivity index (χ0v) is 64.9. The minimum atomic E-state index is -4.98. The fraction of sp³-hybridized carbons (Fsp3) is 0.753. The van der Waals surface area contributed by atoms with E-state index in [1.165, 1.54) is 51.4 Å². The van der Waals surface area contributed by atoms with Crippen LogP contribution in [0.4, 0.5) is 0 Å². The summed E-state index contributed by atoms with van der Waals surface area (Å²) in [5.41, 5.74) is 0. The summed E-state index contributed by atoms with van der Waals surface area (Å²) in [5.74, 6) is -2.20. The number of aliphatic hydroxyl groups is 1. The van der Waals surface area contributed by atoms with Crippen LogP contribution in [0, 0.1) is 0 Å². The predicted octanol–water partition coefficient (Wildman–Crippen LogP) is 22.8. The number of rotatable bonds is 74. The van der Waals surface area contributed by atoms with Gasteiger partial charge in [0.05, 0.1) is 26.4 Å². The number of ether oxygens (including phenoxy) is 4. The van der Waals surface area contributed by atoms with Crippen LogP contribution in [0.5, 0.6) is 0 Å². The van der Waals surface area contributed by atoms with E-state index in [0.29, 0.717) is 25.7 Å². The van der Waals surface area contributed by atoms with Gasteiger partial charge in [-0.05, 0) is 135 Å². The molecule has 0 aliphatic rings. The van der Waals surface area contributed by atoms with Crippen molar-refractivity contribution in [3.05, 3.63) is 97.2 Å². The molecule has 578 valence electrons. The van der Waals surface area contributed by atoms with E-state index in [2.05, 4.69) is 125 Å². The lowest BCUT2D eigenvalue weighted by Gasteiger charge is -2.21. The molecule has 17 nitrogen and oxygen atoms in total. The van der Waals surface area contributed by atoms with Gasteiger partial charge in [-0.2, -0.15) is 0 Å². The van der Waals surface area contributed by atoms with E-state index in [-0.39, 0.29) is 25.7 Å². The van der Waals surface area contributed by atoms with Crippen molar-refractivity contribution in [3.8, 4) is 0 Å². The largest absolute Gasteiger partial charge is 0.472 e. The quantitative estimate of drug-likeness (QED) is 0.0169. The van der Waals surface area contributed by atoms with Crippen LogP contribution >= 0.6 is 15.6 Å². The summed E-state index contributed by atoms with van der Waals surface area (Å²) in [6.45, 7) is 4.60. The Morgan fingerprint density at radius 3 is 0.840 bits per heavy atom. The third kappa shape index (κ3) is 72.3. The highest BCUT2D eigenvalue weighted by molar-refractivity contribution is 7.47. The molecular formula is C81H142O17P2. The van der Waals surface area contributed by atoms with Gasteiger partial charge in [-0.15, -0.1) is 0 Å². The van der Waals surface area contributed by atoms with Gasteiger partial charge >= 0.3 is 39.5 Å². The lowest BCUT2D eigenvalue weighted by atomic mass is 10.1. The Morgan fingerprint density at radius 1 is 0.290 bits per heavy atom. The number of esters is 4. The van der Waals surface area contributed by atoms with E-state index < -0.39 is 97.5 Å². The molecule has 0 amide bonds. The third-order valence-corrected chi connectivity index (χ3v) is 18.4. The number of phosphoric acid groups is 2. The van der Waals surface area contributed by atoms with Crippen LogP contribution in [0.25, 0.3) is 0 Å². The van der Waals surface area contributed by atoms with Crippen molar-refractivity contribution in [2.24, 2.45) is 0 Å². The molecule has 5 unspecified atom stereocenters. The van der Waals surface area contributed by atoms with Crippen molar-refractivity contribution in [3.63, 3.8) is 0 Å². The molecule has 0 heterocycles. The van der Waals surface area contributed by atoms with Gasteiger partial charge in [-0.3, -0.25) is 37.3 Å². The second kappa shape index (κ2) is 73.3. The minimum absolute atomic E-state index is 0.0811. The van der Waals surface area contributed by atoms with Crippen molar-refractivity contribution >= 4 is 39.5 Å². The maximum Gasteiger partial charge on any atom is 0.472 e. The number of hydrogen-bond acceptors (Lipinski definition) is 15. The van der Waals surface area contributed by atoms with Gasteiger partial charge in [0.25, 0.3) is 0 Å². The monoisotopic (exact) mass is 1450 g/mol. The van der Waals surface area contributed by atoms with Gasteiger partial charge in [0.15, 0.2) is 12.2 Å². The highest BCUT2D eigenvalue weighted by Gasteiger charge is 2.30. The number of carbonyl (C=O) groups is 4. The number of hydrogen-bond donors (Lipinski definition) is 3. The summed E-state index contributed by atoms with van der Waals surface area (Å²) in [6, 6.07) is 0. The predicted molar refractivity (Wildman–Crippen MR) is 409 cm³/mol. The first-order valence-electron chi connectivity index (χ1n) is 39.5. The van der Waals surface area contributed by atoms with E-state index in [0.717, 1.165) is 205 Å². The van der Waals surface area contributed by atoms with Crippen LogP contribution in [0.2, 0.25) is 0 Å². The molecule has 0 rings (SSSR count). The summed E-state index contributed by atoms with van der Waals surface area (Å²) in [4.78, 5) is 72.9. The van der Waals surface area contributed by atoms with Gasteiger partial charge in [0.1, 0.15) is 19.3 Å². The zero-order valence-electron chi connectivity index (χ0n) is 63.1. The number of unbranched alkanes of at least 4 members (excludes halogenated alkanes) is 32. The third-order valence-electron chi connectivity index (χ3n) is 16.5. The van der Waals surface area contributed by atoms with Gasteiger partial charge < -0.3 is 33.8 Å². The van der Waals surface area contributed by atoms with Crippen LogP contribution < -0.4 is 0 Å². The van der Waals surface area contributed by atoms with E-state index >= 15 is 0 Å². The molecule has 19 heteroatoms. The van der Waals surface area contributed by atoms with Crippen LogP contribution in [0.1, 0.15) is 336 Å². The highest BCUT2D eigenvalue weighted by Crippen LogP contribution is 2.45. The van der Waals surface area contributed by atoms with E-state index in [1.54, 1.807) is 0 Å². The molecule has 0 saturated carbocycles. The fourth-order valence-electron chi connectivity index (χ4n) is 10.5. The Hall–Kier alpha value is -4.02. The molecule has 0 aliphatic carbocycles. The average Bonchev–Trinajstić information content (AvgIpc) is 1.00. The molecular weight excluding hydrogens is 1310 g/mol. The summed E-state index contributed by atoms with van der Waals surface area (Å²) in [7, 11) is -9.96. The highest BCUT2D eigenvalue weighted by atomic mass is 31.2. The summed E-state index contributed by atoms with van der Waals surface area (Å²) in [6.07, 6.45) is 76.7. The first-order chi connectivity index (χ1) is 48.7. The molecule has 0 aromatic rings. The molecule has 0 saturated heterocycles. The van der Waals surface area contributed by atoms with Gasteiger partial charge in [-0.1, -0.05) is 273 Å². The second-order valence-electron chi connectivity index (χ2n) is 26.2. The standard InChI is InChI=1S/C81H142O17P2/c1-5-9-13-17-21-25-29-32-35-37-40-43-47-50-54-58-62-66-79(84)92-72-77(98-81(86)68-64-60-56-52-48-44-41-38-36-33-30-26-22-18-14-10-6-2)74-96-100(89,90)94-70-75(82)69-93-99(87,88)95-73-76(97-80(85)67-63-59-55-51-45-28-24-20-16-12-8-4)71-91-78(83)65-61-57-53-49-46-42-39-34-31-27-23-19-15-11-7-3/h9-10,13-14,20-22,24-26,32-36,39,75-77,82H,5-8,11-12,15-19,23,27-31,37-38,40-74H2,1-4H3,(H,87,88)(H,89,90)/b13-9-,14-10-,24-20-,25-21-,26-22-,35-32-,36-33-,39-34-. The maximum absolute atomic E-state index is 13.1. The topological polar surface area (TPSA) is 237 Å². The van der Waals surface area contributed by atoms with Crippen molar-refractivity contribution in [1.29, 1.82) is 0 Å². The van der Waals surface area contributed by atoms with E-state index in [1.807, 2.05) is 0 Å². The molecule has 3 N–H and O–H groups in total. The lowest BCUT2D eigenvalue weighted by molar-refractivity contribution is -0.161. The first-order valence-corrected chi connectivity index (χ1v) is 42.5. The molecule has 100 heavy (non-hydrogen) atoms. The van der Waals surface area contributed by atoms with Gasteiger partial charge in [0.2, 0.25) is 0 Å². The summed E-state index contributed by atoms with van der Waals surface area (Å²) >= 11 is 0. The second-order valence-corrected chi connectivity index (χ2v) is 29.1. The smallest absolute Gasteiger partial charge is 0.462 e. The maximum atomic E-state index is 13.1. The van der Waals surface area contributed by atoms with Crippen LogP contribution in [-0.4, -0.2) is 96.7 Å². The summed E-state index contributed by atoms with van der Waals surface area (Å²) < 4.78 is 68.5. The Morgan fingerprint density at radius 2 is 0.530 bits per heavy atom. The van der Waals surface area contributed by atoms with Crippen LogP contribution in [-0.2, 0) is 65.4 Å². The fourth-order valence-corrected chi connectivity index (χ4v) is 12.1. The Bertz CT molecular complexity index is 2270. The SMILES string of the molecule is CC/C=C\C/C=C\C/C=C\CCCCCCCCCC(=O)OCC(COP(=O)(O)OCC(O)COP(=O)(O)OCC(COC(=O)CCCCCCC/C=C\CCCCCCCC)OC(=O)CCCCCCC/C=C\CCCC)OC(=O)CCCCCCCCC/C=C\C/C=C\C/C=C\CC. The first kappa shape index (κ1) is 96.0. The average molecular weight is 1450 g/mol. The number of carbonyl (C=O) groups excluding carboxylic acids is 4. The van der Waals surface area contributed by atoms with Crippen molar-refractivity contribution in [1.82, 2.24) is 0 Å². The Balaban J connectivity index is 5.34. The van der Waals surface area contributed by atoms with Crippen LogP contribution in [0.15, 0.2) is 97.2 Å². The lowest BCUT2D eigenvalue weighted by Crippen LogP contribution is -2.30. The molecule has 0 fully saturated rings. The minimum Gasteiger partial charge on any atom is -0.462 e. The number of aliphatic hydroxyl groups excluding tert-OH is 1. The molecule has 5 atom stereocenters. The molecule has 0 bridgehead atoms. The molecule has 0 aliphatic heterocycles. The number of allylic oxidation sites excluding steroid dienone is 16. The molecule has 0 aromatic carbocycles. The van der Waals surface area contributed by atoms with Crippen molar-refractivity contribution in [2.45, 2.75) is 354 Å². The Kier molecular flexibility index (Phi) is 70.4.